The molecule has 118 valence electrons. The minimum absolute atomic E-state index is 0.125. The van der Waals surface area contributed by atoms with E-state index in [-0.39, 0.29) is 13.2 Å². The standard InChI is InChI=1S/C12H10O.C3H4O2.C2H6O2/c1-3-7-11(8-4-1)13-12-9-5-2-6-10-12;1-2-3(4)5;3-1-2-4/h1-10H;2H,1H2,(H,4,5);3-4H,1-2H2. The Labute approximate surface area is 129 Å². The third-order valence-corrected chi connectivity index (χ3v) is 2.00. The molecule has 2 rings (SSSR count). The van der Waals surface area contributed by atoms with Crippen molar-refractivity contribution in [3.63, 3.8) is 0 Å². The van der Waals surface area contributed by atoms with Gasteiger partial charge in [0.2, 0.25) is 0 Å². The van der Waals surface area contributed by atoms with Crippen molar-refractivity contribution in [2.45, 2.75) is 0 Å². The van der Waals surface area contributed by atoms with E-state index in [1.54, 1.807) is 0 Å². The molecule has 0 spiro atoms. The molecule has 0 heterocycles. The summed E-state index contributed by atoms with van der Waals surface area (Å²) in [5.74, 6) is 0.757. The molecule has 0 aliphatic carbocycles. The zero-order valence-electron chi connectivity index (χ0n) is 12.1. The lowest BCUT2D eigenvalue weighted by molar-refractivity contribution is -0.131. The van der Waals surface area contributed by atoms with Gasteiger partial charge in [-0.3, -0.25) is 0 Å². The van der Waals surface area contributed by atoms with Gasteiger partial charge in [-0.05, 0) is 24.3 Å². The van der Waals surface area contributed by atoms with Crippen LogP contribution in [-0.2, 0) is 4.79 Å². The Balaban J connectivity index is 0.000000411. The zero-order chi connectivity index (χ0) is 16.6. The van der Waals surface area contributed by atoms with E-state index >= 15 is 0 Å². The molecule has 5 nitrogen and oxygen atoms in total. The third kappa shape index (κ3) is 11.2. The Morgan fingerprint density at radius 3 is 1.45 bits per heavy atom. The molecule has 0 fully saturated rings. The Hall–Kier alpha value is -2.63. The number of ether oxygens (including phenoxy) is 1. The van der Waals surface area contributed by atoms with Crippen molar-refractivity contribution in [2.75, 3.05) is 13.2 Å². The van der Waals surface area contributed by atoms with Gasteiger partial charge in [0, 0.05) is 6.08 Å². The largest absolute Gasteiger partial charge is 0.478 e. The molecule has 2 aromatic carbocycles. The summed E-state index contributed by atoms with van der Waals surface area (Å²) in [7, 11) is 0. The van der Waals surface area contributed by atoms with Crippen LogP contribution in [0.2, 0.25) is 0 Å². The van der Waals surface area contributed by atoms with Gasteiger partial charge in [-0.15, -0.1) is 0 Å². The predicted octanol–water partition coefficient (Wildman–Crippen LogP) is 2.71. The number of carbonyl (C=O) groups is 1. The van der Waals surface area contributed by atoms with Gasteiger partial charge in [0.25, 0.3) is 0 Å². The summed E-state index contributed by atoms with van der Waals surface area (Å²) in [5, 5.41) is 22.9. The number of benzene rings is 2. The second-order valence-electron chi connectivity index (χ2n) is 3.72. The Morgan fingerprint density at radius 2 is 1.23 bits per heavy atom. The molecule has 0 saturated carbocycles. The second-order valence-corrected chi connectivity index (χ2v) is 3.72. The fraction of sp³-hybridized carbons (Fsp3) is 0.118. The molecule has 0 unspecified atom stereocenters. The van der Waals surface area contributed by atoms with E-state index in [2.05, 4.69) is 6.58 Å². The van der Waals surface area contributed by atoms with Gasteiger partial charge in [-0.1, -0.05) is 43.0 Å². The lowest BCUT2D eigenvalue weighted by Gasteiger charge is -2.03. The molecule has 0 saturated heterocycles. The van der Waals surface area contributed by atoms with Crippen LogP contribution in [0, 0.1) is 0 Å². The Kier molecular flexibility index (Phi) is 11.8. The van der Waals surface area contributed by atoms with Crippen molar-refractivity contribution in [1.29, 1.82) is 0 Å². The van der Waals surface area contributed by atoms with E-state index in [1.807, 2.05) is 60.7 Å². The average molecular weight is 304 g/mol. The zero-order valence-corrected chi connectivity index (χ0v) is 12.1. The van der Waals surface area contributed by atoms with Crippen LogP contribution in [0.1, 0.15) is 0 Å². The minimum atomic E-state index is -0.981. The summed E-state index contributed by atoms with van der Waals surface area (Å²) >= 11 is 0. The molecule has 3 N–H and O–H groups in total. The molecule has 0 aromatic heterocycles. The number of aliphatic hydroxyl groups is 2. The molecule has 0 radical (unpaired) electrons. The molecule has 22 heavy (non-hydrogen) atoms. The van der Waals surface area contributed by atoms with Crippen molar-refractivity contribution in [2.24, 2.45) is 0 Å². The normalized spacial score (nSPS) is 8.45. The van der Waals surface area contributed by atoms with Crippen molar-refractivity contribution in [1.82, 2.24) is 0 Å². The van der Waals surface area contributed by atoms with Gasteiger partial charge in [-0.2, -0.15) is 0 Å². The Bertz CT molecular complexity index is 472. The maximum absolute atomic E-state index is 9.25. The number of aliphatic carboxylic acids is 1. The maximum Gasteiger partial charge on any atom is 0.327 e. The fourth-order valence-corrected chi connectivity index (χ4v) is 1.11. The van der Waals surface area contributed by atoms with E-state index in [0.717, 1.165) is 17.6 Å². The van der Waals surface area contributed by atoms with Crippen molar-refractivity contribution < 1.29 is 24.9 Å². The summed E-state index contributed by atoms with van der Waals surface area (Å²) in [4.78, 5) is 9.25. The molecule has 0 bridgehead atoms. The van der Waals surface area contributed by atoms with Crippen LogP contribution in [0.15, 0.2) is 73.3 Å². The predicted molar refractivity (Wildman–Crippen MR) is 85.0 cm³/mol. The highest BCUT2D eigenvalue weighted by Gasteiger charge is 1.92. The van der Waals surface area contributed by atoms with Gasteiger partial charge in [0.1, 0.15) is 11.5 Å². The summed E-state index contributed by atoms with van der Waals surface area (Å²) in [6.07, 6.45) is 0.833. The lowest BCUT2D eigenvalue weighted by atomic mass is 10.3. The van der Waals surface area contributed by atoms with Gasteiger partial charge in [-0.25, -0.2) is 4.79 Å². The SMILES string of the molecule is C=CC(=O)O.OCCO.c1ccc(Oc2ccccc2)cc1. The first-order chi connectivity index (χ1) is 10.6. The van der Waals surface area contributed by atoms with Crippen LogP contribution >= 0.6 is 0 Å². The number of carboxylic acids is 1. The molecule has 5 heteroatoms. The van der Waals surface area contributed by atoms with E-state index < -0.39 is 5.97 Å². The lowest BCUT2D eigenvalue weighted by Crippen LogP contribution is -1.85. The number of carboxylic acid groups (broad SMARTS) is 1. The van der Waals surface area contributed by atoms with Crippen LogP contribution in [0.25, 0.3) is 0 Å². The third-order valence-electron chi connectivity index (χ3n) is 2.00. The first-order valence-corrected chi connectivity index (χ1v) is 6.49. The number of hydrogen-bond acceptors (Lipinski definition) is 4. The summed E-state index contributed by atoms with van der Waals surface area (Å²) < 4.78 is 5.58. The Morgan fingerprint density at radius 1 is 0.909 bits per heavy atom. The minimum Gasteiger partial charge on any atom is -0.478 e. The fourth-order valence-electron chi connectivity index (χ4n) is 1.11. The van der Waals surface area contributed by atoms with Gasteiger partial charge < -0.3 is 20.1 Å². The van der Waals surface area contributed by atoms with Crippen molar-refractivity contribution >= 4 is 5.97 Å². The van der Waals surface area contributed by atoms with Crippen molar-refractivity contribution in [3.8, 4) is 11.5 Å². The van der Waals surface area contributed by atoms with E-state index in [0.29, 0.717) is 0 Å². The molecule has 0 atom stereocenters. The van der Waals surface area contributed by atoms with Crippen LogP contribution in [0.5, 0.6) is 11.5 Å². The number of hydrogen-bond donors (Lipinski definition) is 3. The quantitative estimate of drug-likeness (QED) is 0.756. The first kappa shape index (κ1) is 19.4. The second kappa shape index (κ2) is 13.4. The highest BCUT2D eigenvalue weighted by Crippen LogP contribution is 2.19. The highest BCUT2D eigenvalue weighted by molar-refractivity contribution is 5.78. The van der Waals surface area contributed by atoms with Gasteiger partial charge in [0.05, 0.1) is 13.2 Å². The number of para-hydroxylation sites is 2. The number of aliphatic hydroxyl groups excluding tert-OH is 2. The van der Waals surface area contributed by atoms with Crippen LogP contribution in [0.3, 0.4) is 0 Å². The first-order valence-electron chi connectivity index (χ1n) is 6.49. The molecular formula is C17H20O5. The summed E-state index contributed by atoms with van der Waals surface area (Å²) in [6.45, 7) is 2.71. The molecule has 2 aromatic rings. The molecule has 0 aliphatic rings. The van der Waals surface area contributed by atoms with Crippen LogP contribution < -0.4 is 4.74 Å². The van der Waals surface area contributed by atoms with Crippen LogP contribution in [-0.4, -0.2) is 34.5 Å². The smallest absolute Gasteiger partial charge is 0.327 e. The van der Waals surface area contributed by atoms with Crippen LogP contribution in [0.4, 0.5) is 0 Å². The average Bonchev–Trinajstić information content (AvgIpc) is 2.57. The summed E-state index contributed by atoms with van der Waals surface area (Å²) in [6, 6.07) is 19.5. The van der Waals surface area contributed by atoms with Gasteiger partial charge >= 0.3 is 5.97 Å². The van der Waals surface area contributed by atoms with E-state index in [4.69, 9.17) is 20.1 Å². The monoisotopic (exact) mass is 304 g/mol. The molecule has 0 amide bonds. The maximum atomic E-state index is 9.25. The van der Waals surface area contributed by atoms with Gasteiger partial charge in [0.15, 0.2) is 0 Å². The van der Waals surface area contributed by atoms with E-state index in [9.17, 15) is 4.79 Å². The van der Waals surface area contributed by atoms with E-state index in [1.165, 1.54) is 0 Å². The number of rotatable bonds is 4. The molecule has 0 aliphatic heterocycles. The topological polar surface area (TPSA) is 87.0 Å². The highest BCUT2D eigenvalue weighted by atomic mass is 16.5. The molecular weight excluding hydrogens is 284 g/mol. The summed E-state index contributed by atoms with van der Waals surface area (Å²) in [5.41, 5.74) is 0. The van der Waals surface area contributed by atoms with Crippen molar-refractivity contribution in [3.05, 3.63) is 73.3 Å².